The van der Waals surface area contributed by atoms with Crippen LogP contribution in [0.1, 0.15) is 42.6 Å². The van der Waals surface area contributed by atoms with Crippen LogP contribution in [0, 0.1) is 0 Å². The Balaban J connectivity index is 2.77. The molecule has 0 aliphatic carbocycles. The van der Waals surface area contributed by atoms with Gasteiger partial charge in [0.15, 0.2) is 12.1 Å². The number of aldehydes is 1. The first-order chi connectivity index (χ1) is 6.81. The lowest BCUT2D eigenvalue weighted by Gasteiger charge is -2.12. The highest BCUT2D eigenvalue weighted by Gasteiger charge is 2.11. The number of hydrogen-bond acceptors (Lipinski definition) is 4. The molecule has 1 unspecified atom stereocenters. The van der Waals surface area contributed by atoms with E-state index in [0.29, 0.717) is 18.0 Å². The minimum Gasteiger partial charge on any atom is -0.371 e. The molecule has 0 amide bonds. The van der Waals surface area contributed by atoms with E-state index in [-0.39, 0.29) is 6.10 Å². The molecular weight excluding hydrogens is 180 g/mol. The Morgan fingerprint density at radius 1 is 1.43 bits per heavy atom. The summed E-state index contributed by atoms with van der Waals surface area (Å²) in [5.74, 6) is 0.639. The molecular formula is C10H14N2O2. The fourth-order valence-electron chi connectivity index (χ4n) is 1.15. The number of ether oxygens (including phenoxy) is 1. The van der Waals surface area contributed by atoms with Crippen LogP contribution in [0.15, 0.2) is 12.4 Å². The summed E-state index contributed by atoms with van der Waals surface area (Å²) < 4.78 is 5.44. The monoisotopic (exact) mass is 194 g/mol. The van der Waals surface area contributed by atoms with Gasteiger partial charge in [0.2, 0.25) is 0 Å². The fourth-order valence-corrected chi connectivity index (χ4v) is 1.15. The Morgan fingerprint density at radius 2 is 2.07 bits per heavy atom. The number of hydrogen-bond donors (Lipinski definition) is 0. The molecule has 0 saturated carbocycles. The van der Waals surface area contributed by atoms with Crippen LogP contribution in [-0.4, -0.2) is 22.9 Å². The summed E-state index contributed by atoms with van der Waals surface area (Å²) in [4.78, 5) is 18.5. The first-order valence-electron chi connectivity index (χ1n) is 4.70. The van der Waals surface area contributed by atoms with E-state index in [1.807, 2.05) is 13.8 Å². The maximum Gasteiger partial charge on any atom is 0.157 e. The normalized spacial score (nSPS) is 12.4. The summed E-state index contributed by atoms with van der Waals surface area (Å²) in [6.45, 7) is 4.58. The lowest BCUT2D eigenvalue weighted by molar-refractivity contribution is 0.0534. The van der Waals surface area contributed by atoms with Crippen molar-refractivity contribution >= 4 is 6.29 Å². The van der Waals surface area contributed by atoms with Gasteiger partial charge in [-0.2, -0.15) is 0 Å². The summed E-state index contributed by atoms with van der Waals surface area (Å²) in [6.07, 6.45) is 4.51. The predicted octanol–water partition coefficient (Wildman–Crippen LogP) is 1.78. The van der Waals surface area contributed by atoms with E-state index in [4.69, 9.17) is 4.74 Å². The second-order valence-corrected chi connectivity index (χ2v) is 2.84. The third kappa shape index (κ3) is 2.60. The van der Waals surface area contributed by atoms with Gasteiger partial charge in [0.05, 0.1) is 5.56 Å². The minimum absolute atomic E-state index is 0.0688. The zero-order chi connectivity index (χ0) is 10.4. The van der Waals surface area contributed by atoms with Gasteiger partial charge in [-0.05, 0) is 13.3 Å². The number of rotatable bonds is 5. The van der Waals surface area contributed by atoms with E-state index in [9.17, 15) is 4.79 Å². The van der Waals surface area contributed by atoms with Gasteiger partial charge in [-0.3, -0.25) is 4.79 Å². The molecule has 4 heteroatoms. The van der Waals surface area contributed by atoms with Crippen LogP contribution in [0.2, 0.25) is 0 Å². The van der Waals surface area contributed by atoms with Gasteiger partial charge in [-0.15, -0.1) is 0 Å². The lowest BCUT2D eigenvalue weighted by atomic mass is 10.2. The molecule has 1 rings (SSSR count). The van der Waals surface area contributed by atoms with Crippen LogP contribution in [-0.2, 0) is 4.74 Å². The van der Waals surface area contributed by atoms with Gasteiger partial charge in [-0.25, -0.2) is 9.97 Å². The van der Waals surface area contributed by atoms with Crippen molar-refractivity contribution in [1.82, 2.24) is 9.97 Å². The molecule has 0 spiro atoms. The summed E-state index contributed by atoms with van der Waals surface area (Å²) in [5.41, 5.74) is 0.486. The van der Waals surface area contributed by atoms with E-state index < -0.39 is 0 Å². The molecule has 1 atom stereocenters. The number of aromatic nitrogens is 2. The van der Waals surface area contributed by atoms with E-state index >= 15 is 0 Å². The topological polar surface area (TPSA) is 52.1 Å². The van der Waals surface area contributed by atoms with Gasteiger partial charge in [0, 0.05) is 19.0 Å². The van der Waals surface area contributed by atoms with E-state index in [0.717, 1.165) is 12.7 Å². The SMILES string of the molecule is CCOC(CC)c1ncc(C=O)cn1. The molecule has 0 N–H and O–H groups in total. The maximum absolute atomic E-state index is 10.4. The van der Waals surface area contributed by atoms with E-state index in [1.54, 1.807) is 0 Å². The van der Waals surface area contributed by atoms with Gasteiger partial charge >= 0.3 is 0 Å². The Kier molecular flexibility index (Phi) is 4.19. The summed E-state index contributed by atoms with van der Waals surface area (Å²) in [6, 6.07) is 0. The zero-order valence-corrected chi connectivity index (χ0v) is 8.43. The number of nitrogens with zero attached hydrogens (tertiary/aromatic N) is 2. The standard InChI is InChI=1S/C10H14N2O2/c1-3-9(14-4-2)10-11-5-8(7-13)6-12-10/h5-7,9H,3-4H2,1-2H3. The molecule has 0 bridgehead atoms. The molecule has 1 heterocycles. The van der Waals surface area contributed by atoms with Crippen molar-refractivity contribution in [2.24, 2.45) is 0 Å². The van der Waals surface area contributed by atoms with E-state index in [2.05, 4.69) is 9.97 Å². The minimum atomic E-state index is -0.0688. The largest absolute Gasteiger partial charge is 0.371 e. The quantitative estimate of drug-likeness (QED) is 0.670. The second kappa shape index (κ2) is 5.44. The van der Waals surface area contributed by atoms with Crippen molar-refractivity contribution < 1.29 is 9.53 Å². The highest BCUT2D eigenvalue weighted by Crippen LogP contribution is 2.15. The van der Waals surface area contributed by atoms with Gasteiger partial charge in [0.25, 0.3) is 0 Å². The molecule has 0 aliphatic rings. The van der Waals surface area contributed by atoms with Crippen molar-refractivity contribution in [2.75, 3.05) is 6.61 Å². The van der Waals surface area contributed by atoms with Gasteiger partial charge in [0.1, 0.15) is 6.10 Å². The van der Waals surface area contributed by atoms with Crippen LogP contribution in [0.5, 0.6) is 0 Å². The molecule has 76 valence electrons. The summed E-state index contributed by atoms with van der Waals surface area (Å²) in [5, 5.41) is 0. The van der Waals surface area contributed by atoms with Crippen LogP contribution in [0.4, 0.5) is 0 Å². The Hall–Kier alpha value is -1.29. The Morgan fingerprint density at radius 3 is 2.50 bits per heavy atom. The summed E-state index contributed by atoms with van der Waals surface area (Å²) >= 11 is 0. The van der Waals surface area contributed by atoms with Gasteiger partial charge in [-0.1, -0.05) is 6.92 Å². The molecule has 0 aliphatic heterocycles. The van der Waals surface area contributed by atoms with Crippen LogP contribution < -0.4 is 0 Å². The van der Waals surface area contributed by atoms with Crippen LogP contribution >= 0.6 is 0 Å². The first-order valence-corrected chi connectivity index (χ1v) is 4.70. The molecule has 0 radical (unpaired) electrons. The first kappa shape index (κ1) is 10.8. The highest BCUT2D eigenvalue weighted by molar-refractivity contribution is 5.73. The number of carbonyl (C=O) groups excluding carboxylic acids is 1. The average Bonchev–Trinajstić information content (AvgIpc) is 2.26. The van der Waals surface area contributed by atoms with Crippen molar-refractivity contribution in [3.8, 4) is 0 Å². The molecule has 0 fully saturated rings. The average molecular weight is 194 g/mol. The molecule has 1 aromatic heterocycles. The van der Waals surface area contributed by atoms with Crippen LogP contribution in [0.3, 0.4) is 0 Å². The Bertz CT molecular complexity index is 285. The van der Waals surface area contributed by atoms with Crippen molar-refractivity contribution in [3.63, 3.8) is 0 Å². The third-order valence-corrected chi connectivity index (χ3v) is 1.85. The maximum atomic E-state index is 10.4. The highest BCUT2D eigenvalue weighted by atomic mass is 16.5. The number of carbonyl (C=O) groups is 1. The van der Waals surface area contributed by atoms with Gasteiger partial charge < -0.3 is 4.74 Å². The molecule has 0 saturated heterocycles. The van der Waals surface area contributed by atoms with Crippen molar-refractivity contribution in [2.45, 2.75) is 26.4 Å². The molecule has 0 aromatic carbocycles. The molecule has 4 nitrogen and oxygen atoms in total. The lowest BCUT2D eigenvalue weighted by Crippen LogP contribution is -2.07. The summed E-state index contributed by atoms with van der Waals surface area (Å²) in [7, 11) is 0. The predicted molar refractivity (Wildman–Crippen MR) is 52.1 cm³/mol. The third-order valence-electron chi connectivity index (χ3n) is 1.85. The molecule has 1 aromatic rings. The second-order valence-electron chi connectivity index (χ2n) is 2.84. The van der Waals surface area contributed by atoms with Crippen molar-refractivity contribution in [1.29, 1.82) is 0 Å². The van der Waals surface area contributed by atoms with Crippen molar-refractivity contribution in [3.05, 3.63) is 23.8 Å². The van der Waals surface area contributed by atoms with E-state index in [1.165, 1.54) is 12.4 Å². The zero-order valence-electron chi connectivity index (χ0n) is 8.43. The smallest absolute Gasteiger partial charge is 0.157 e. The van der Waals surface area contributed by atoms with Crippen LogP contribution in [0.25, 0.3) is 0 Å². The fraction of sp³-hybridized carbons (Fsp3) is 0.500. The molecule has 14 heavy (non-hydrogen) atoms. The Labute approximate surface area is 83.3 Å².